The Labute approximate surface area is 132 Å². The summed E-state index contributed by atoms with van der Waals surface area (Å²) < 4.78 is 11.7. The molecule has 0 aliphatic carbocycles. The van der Waals surface area contributed by atoms with Crippen molar-refractivity contribution in [2.75, 3.05) is 25.6 Å². The van der Waals surface area contributed by atoms with E-state index in [9.17, 15) is 5.11 Å². The van der Waals surface area contributed by atoms with E-state index in [1.165, 1.54) is 0 Å². The molecule has 0 heterocycles. The zero-order chi connectivity index (χ0) is 15.1. The number of rotatable bonds is 7. The van der Waals surface area contributed by atoms with Gasteiger partial charge in [-0.25, -0.2) is 0 Å². The lowest BCUT2D eigenvalue weighted by atomic mass is 10.3. The molecule has 4 nitrogen and oxygen atoms in total. The van der Waals surface area contributed by atoms with Crippen LogP contribution in [-0.2, 0) is 0 Å². The molecule has 0 aliphatic rings. The number of nitrogens with one attached hydrogen (secondary N) is 1. The summed E-state index contributed by atoms with van der Waals surface area (Å²) in [5.74, 6) is 1.28. The Balaban J connectivity index is 1.82. The number of para-hydroxylation sites is 3. The summed E-state index contributed by atoms with van der Waals surface area (Å²) in [5, 5.41) is 13.2. The number of methoxy groups -OCH3 is 1. The van der Waals surface area contributed by atoms with E-state index in [0.29, 0.717) is 18.0 Å². The van der Waals surface area contributed by atoms with Crippen molar-refractivity contribution >= 4 is 21.6 Å². The van der Waals surface area contributed by atoms with Crippen molar-refractivity contribution in [1.82, 2.24) is 0 Å². The van der Waals surface area contributed by atoms with Crippen molar-refractivity contribution in [3.05, 3.63) is 53.0 Å². The quantitative estimate of drug-likeness (QED) is 0.803. The largest absolute Gasteiger partial charge is 0.493 e. The molecule has 5 heteroatoms. The average Bonchev–Trinajstić information content (AvgIpc) is 2.52. The van der Waals surface area contributed by atoms with E-state index < -0.39 is 6.10 Å². The van der Waals surface area contributed by atoms with Crippen molar-refractivity contribution in [1.29, 1.82) is 0 Å². The minimum absolute atomic E-state index is 0.192. The number of anilines is 1. The van der Waals surface area contributed by atoms with Crippen LogP contribution in [0.5, 0.6) is 11.5 Å². The van der Waals surface area contributed by atoms with Gasteiger partial charge in [-0.3, -0.25) is 0 Å². The van der Waals surface area contributed by atoms with Crippen LogP contribution >= 0.6 is 15.9 Å². The molecule has 0 bridgehead atoms. The predicted molar refractivity (Wildman–Crippen MR) is 87.1 cm³/mol. The fourth-order valence-corrected chi connectivity index (χ4v) is 2.24. The predicted octanol–water partition coefficient (Wildman–Crippen LogP) is 3.31. The van der Waals surface area contributed by atoms with Gasteiger partial charge in [0, 0.05) is 16.7 Å². The van der Waals surface area contributed by atoms with Crippen LogP contribution in [0.1, 0.15) is 0 Å². The van der Waals surface area contributed by atoms with Gasteiger partial charge in [0.1, 0.15) is 12.7 Å². The Kier molecular flexibility index (Phi) is 5.90. The van der Waals surface area contributed by atoms with Gasteiger partial charge < -0.3 is 19.9 Å². The highest BCUT2D eigenvalue weighted by Gasteiger charge is 2.08. The lowest BCUT2D eigenvalue weighted by Gasteiger charge is -2.16. The van der Waals surface area contributed by atoms with E-state index in [1.54, 1.807) is 7.11 Å². The van der Waals surface area contributed by atoms with E-state index in [0.717, 1.165) is 10.2 Å². The first-order chi connectivity index (χ1) is 10.2. The van der Waals surface area contributed by atoms with Crippen LogP contribution in [0.25, 0.3) is 0 Å². The third kappa shape index (κ3) is 4.65. The molecule has 0 fully saturated rings. The van der Waals surface area contributed by atoms with E-state index >= 15 is 0 Å². The Morgan fingerprint density at radius 1 is 1.10 bits per heavy atom. The highest BCUT2D eigenvalue weighted by Crippen LogP contribution is 2.26. The molecule has 0 aliphatic heterocycles. The summed E-state index contributed by atoms with van der Waals surface area (Å²) in [6, 6.07) is 15.1. The maximum absolute atomic E-state index is 9.98. The first-order valence-electron chi connectivity index (χ1n) is 6.63. The minimum Gasteiger partial charge on any atom is -0.493 e. The van der Waals surface area contributed by atoms with Crippen molar-refractivity contribution in [2.24, 2.45) is 0 Å². The Bertz CT molecular complexity index is 577. The number of benzene rings is 2. The van der Waals surface area contributed by atoms with Crippen LogP contribution in [0.3, 0.4) is 0 Å². The number of aliphatic hydroxyl groups excluding tert-OH is 1. The number of aliphatic hydroxyl groups is 1. The molecular weight excluding hydrogens is 334 g/mol. The van der Waals surface area contributed by atoms with Crippen LogP contribution in [0.2, 0.25) is 0 Å². The summed E-state index contributed by atoms with van der Waals surface area (Å²) in [5.41, 5.74) is 0.939. The average molecular weight is 352 g/mol. The van der Waals surface area contributed by atoms with Gasteiger partial charge in [-0.05, 0) is 40.2 Å². The Morgan fingerprint density at radius 2 is 1.76 bits per heavy atom. The monoisotopic (exact) mass is 351 g/mol. The van der Waals surface area contributed by atoms with E-state index in [-0.39, 0.29) is 6.61 Å². The molecule has 2 aromatic carbocycles. The maximum atomic E-state index is 9.98. The highest BCUT2D eigenvalue weighted by atomic mass is 79.9. The van der Waals surface area contributed by atoms with Gasteiger partial charge in [0.05, 0.1) is 7.11 Å². The molecule has 0 saturated heterocycles. The van der Waals surface area contributed by atoms with Crippen LogP contribution in [0.15, 0.2) is 53.0 Å². The number of halogens is 1. The van der Waals surface area contributed by atoms with Crippen LogP contribution in [0.4, 0.5) is 5.69 Å². The van der Waals surface area contributed by atoms with Crippen LogP contribution in [-0.4, -0.2) is 31.5 Å². The summed E-state index contributed by atoms with van der Waals surface area (Å²) in [6.07, 6.45) is -0.623. The van der Waals surface area contributed by atoms with Crippen molar-refractivity contribution in [3.8, 4) is 11.5 Å². The first-order valence-corrected chi connectivity index (χ1v) is 7.42. The molecule has 0 spiro atoms. The van der Waals surface area contributed by atoms with Gasteiger partial charge >= 0.3 is 0 Å². The molecule has 1 unspecified atom stereocenters. The van der Waals surface area contributed by atoms with E-state index in [1.807, 2.05) is 48.5 Å². The molecule has 0 amide bonds. The van der Waals surface area contributed by atoms with Crippen molar-refractivity contribution in [2.45, 2.75) is 6.10 Å². The summed E-state index contributed by atoms with van der Waals surface area (Å²) in [4.78, 5) is 0. The van der Waals surface area contributed by atoms with Gasteiger partial charge in [0.2, 0.25) is 0 Å². The molecule has 1 atom stereocenters. The smallest absolute Gasteiger partial charge is 0.161 e. The fraction of sp³-hybridized carbons (Fsp3) is 0.250. The third-order valence-corrected chi connectivity index (χ3v) is 3.59. The normalized spacial score (nSPS) is 11.8. The molecule has 0 radical (unpaired) electrons. The topological polar surface area (TPSA) is 50.7 Å². The Hall–Kier alpha value is -1.72. The van der Waals surface area contributed by atoms with Crippen molar-refractivity contribution < 1.29 is 14.6 Å². The standard InChI is InChI=1S/C16H18BrNO3/c1-20-15-8-4-5-9-16(15)21-11-12(19)10-18-14-7-3-2-6-13(14)17/h2-9,12,18-19H,10-11H2,1H3. The minimum atomic E-state index is -0.623. The summed E-state index contributed by atoms with van der Waals surface area (Å²) in [6.45, 7) is 0.593. The summed E-state index contributed by atoms with van der Waals surface area (Å²) in [7, 11) is 1.59. The zero-order valence-electron chi connectivity index (χ0n) is 11.8. The third-order valence-electron chi connectivity index (χ3n) is 2.90. The van der Waals surface area contributed by atoms with Gasteiger partial charge in [-0.1, -0.05) is 24.3 Å². The van der Waals surface area contributed by atoms with E-state index in [2.05, 4.69) is 21.2 Å². The second-order valence-electron chi connectivity index (χ2n) is 4.48. The SMILES string of the molecule is COc1ccccc1OCC(O)CNc1ccccc1Br. The van der Waals surface area contributed by atoms with E-state index in [4.69, 9.17) is 9.47 Å². The molecule has 112 valence electrons. The van der Waals surface area contributed by atoms with Gasteiger partial charge in [0.25, 0.3) is 0 Å². The highest BCUT2D eigenvalue weighted by molar-refractivity contribution is 9.10. The lowest BCUT2D eigenvalue weighted by Crippen LogP contribution is -2.26. The second-order valence-corrected chi connectivity index (χ2v) is 5.33. The van der Waals surface area contributed by atoms with Crippen molar-refractivity contribution in [3.63, 3.8) is 0 Å². The fourth-order valence-electron chi connectivity index (χ4n) is 1.82. The maximum Gasteiger partial charge on any atom is 0.161 e. The van der Waals surface area contributed by atoms with Gasteiger partial charge in [-0.15, -0.1) is 0 Å². The molecule has 2 aromatic rings. The number of hydrogen-bond acceptors (Lipinski definition) is 4. The zero-order valence-corrected chi connectivity index (χ0v) is 13.3. The number of ether oxygens (including phenoxy) is 2. The molecule has 2 rings (SSSR count). The second kappa shape index (κ2) is 7.90. The molecule has 0 saturated carbocycles. The molecule has 0 aromatic heterocycles. The molecule has 2 N–H and O–H groups in total. The van der Waals surface area contributed by atoms with Crippen LogP contribution in [0, 0.1) is 0 Å². The summed E-state index contributed by atoms with van der Waals surface area (Å²) >= 11 is 3.45. The first kappa shape index (κ1) is 15.7. The molecular formula is C16H18BrNO3. The van der Waals surface area contributed by atoms with Crippen LogP contribution < -0.4 is 14.8 Å². The van der Waals surface area contributed by atoms with Gasteiger partial charge in [-0.2, -0.15) is 0 Å². The molecule has 21 heavy (non-hydrogen) atoms. The lowest BCUT2D eigenvalue weighted by molar-refractivity contribution is 0.115. The van der Waals surface area contributed by atoms with Gasteiger partial charge in [0.15, 0.2) is 11.5 Å². The Morgan fingerprint density at radius 3 is 2.48 bits per heavy atom. The number of hydrogen-bond donors (Lipinski definition) is 2.